The third kappa shape index (κ3) is 2.03. The third-order valence-corrected chi connectivity index (χ3v) is 3.57. The fourth-order valence-electron chi connectivity index (χ4n) is 2.29. The molecule has 0 saturated carbocycles. The molecule has 0 fully saturated rings. The molecule has 0 radical (unpaired) electrons. The molecule has 17 heavy (non-hydrogen) atoms. The van der Waals surface area contributed by atoms with Gasteiger partial charge in [-0.15, -0.1) is 0 Å². The van der Waals surface area contributed by atoms with Crippen molar-refractivity contribution in [2.24, 2.45) is 0 Å². The maximum Gasteiger partial charge on any atom is 0.123 e. The smallest absolute Gasteiger partial charge is 0.123 e. The maximum absolute atomic E-state index is 10.6. The summed E-state index contributed by atoms with van der Waals surface area (Å²) >= 11 is 0. The SMILES string of the molecule is CC1(C)C=CC(C)(O)C(C)(c2ccccc2)O1. The zero-order valence-electron chi connectivity index (χ0n) is 10.9. The van der Waals surface area contributed by atoms with Crippen LogP contribution in [0.25, 0.3) is 0 Å². The van der Waals surface area contributed by atoms with E-state index < -0.39 is 11.2 Å². The summed E-state index contributed by atoms with van der Waals surface area (Å²) in [7, 11) is 0. The molecule has 1 N–H and O–H groups in total. The first-order valence-electron chi connectivity index (χ1n) is 5.95. The largest absolute Gasteiger partial charge is 0.383 e. The molecule has 0 aliphatic carbocycles. The van der Waals surface area contributed by atoms with Crippen LogP contribution in [0.2, 0.25) is 0 Å². The Morgan fingerprint density at radius 1 is 0.941 bits per heavy atom. The first-order valence-corrected chi connectivity index (χ1v) is 5.95. The van der Waals surface area contributed by atoms with Crippen molar-refractivity contribution in [1.82, 2.24) is 0 Å². The minimum Gasteiger partial charge on any atom is -0.383 e. The summed E-state index contributed by atoms with van der Waals surface area (Å²) in [4.78, 5) is 0. The van der Waals surface area contributed by atoms with Gasteiger partial charge in [0.2, 0.25) is 0 Å². The number of rotatable bonds is 1. The number of benzene rings is 1. The lowest BCUT2D eigenvalue weighted by atomic mass is 9.76. The van der Waals surface area contributed by atoms with Crippen molar-refractivity contribution in [3.63, 3.8) is 0 Å². The van der Waals surface area contributed by atoms with Crippen LogP contribution in [0.15, 0.2) is 42.5 Å². The van der Waals surface area contributed by atoms with E-state index in [4.69, 9.17) is 4.74 Å². The fourth-order valence-corrected chi connectivity index (χ4v) is 2.29. The van der Waals surface area contributed by atoms with Crippen LogP contribution in [-0.4, -0.2) is 16.3 Å². The van der Waals surface area contributed by atoms with Crippen molar-refractivity contribution < 1.29 is 9.84 Å². The summed E-state index contributed by atoms with van der Waals surface area (Å²) in [5.41, 5.74) is -1.12. The molecular weight excluding hydrogens is 212 g/mol. The molecule has 0 amide bonds. The Hall–Kier alpha value is -1.12. The molecule has 1 aromatic carbocycles. The topological polar surface area (TPSA) is 29.5 Å². The van der Waals surface area contributed by atoms with Gasteiger partial charge < -0.3 is 9.84 Å². The minimum atomic E-state index is -1.01. The van der Waals surface area contributed by atoms with E-state index in [2.05, 4.69) is 0 Å². The van der Waals surface area contributed by atoms with Gasteiger partial charge in [0.15, 0.2) is 0 Å². The van der Waals surface area contributed by atoms with E-state index in [0.29, 0.717) is 0 Å². The first kappa shape index (κ1) is 12.3. The molecule has 1 aromatic rings. The molecule has 2 unspecified atom stereocenters. The zero-order chi connectivity index (χ0) is 12.7. The van der Waals surface area contributed by atoms with Gasteiger partial charge >= 0.3 is 0 Å². The van der Waals surface area contributed by atoms with E-state index in [-0.39, 0.29) is 5.60 Å². The van der Waals surface area contributed by atoms with Crippen LogP contribution in [0.4, 0.5) is 0 Å². The van der Waals surface area contributed by atoms with E-state index in [1.54, 1.807) is 6.92 Å². The lowest BCUT2D eigenvalue weighted by Crippen LogP contribution is -2.54. The molecule has 92 valence electrons. The Balaban J connectivity index is 2.52. The molecule has 2 heteroatoms. The lowest BCUT2D eigenvalue weighted by molar-refractivity contribution is -0.205. The Bertz CT molecular complexity index is 431. The summed E-state index contributed by atoms with van der Waals surface area (Å²) in [5.74, 6) is 0. The second kappa shape index (κ2) is 3.69. The van der Waals surface area contributed by atoms with E-state index in [1.165, 1.54) is 0 Å². The highest BCUT2D eigenvalue weighted by Gasteiger charge is 2.49. The minimum absolute atomic E-state index is 0.368. The summed E-state index contributed by atoms with van der Waals surface area (Å²) in [6, 6.07) is 9.87. The third-order valence-electron chi connectivity index (χ3n) is 3.57. The van der Waals surface area contributed by atoms with Gasteiger partial charge in [0.1, 0.15) is 11.2 Å². The van der Waals surface area contributed by atoms with Crippen molar-refractivity contribution in [3.05, 3.63) is 48.0 Å². The fraction of sp³-hybridized carbons (Fsp3) is 0.467. The number of aliphatic hydroxyl groups is 1. The highest BCUT2D eigenvalue weighted by atomic mass is 16.5. The van der Waals surface area contributed by atoms with Crippen molar-refractivity contribution in [2.75, 3.05) is 0 Å². The number of hydrogen-bond donors (Lipinski definition) is 1. The van der Waals surface area contributed by atoms with E-state index >= 15 is 0 Å². The molecule has 2 rings (SSSR count). The maximum atomic E-state index is 10.6. The van der Waals surface area contributed by atoms with Gasteiger partial charge in [-0.3, -0.25) is 0 Å². The number of hydrogen-bond acceptors (Lipinski definition) is 2. The van der Waals surface area contributed by atoms with Crippen LogP contribution in [0.5, 0.6) is 0 Å². The first-order chi connectivity index (χ1) is 7.77. The van der Waals surface area contributed by atoms with Gasteiger partial charge in [0.05, 0.1) is 5.60 Å². The van der Waals surface area contributed by atoms with E-state index in [0.717, 1.165) is 5.56 Å². The van der Waals surface area contributed by atoms with Crippen LogP contribution in [-0.2, 0) is 10.3 Å². The van der Waals surface area contributed by atoms with Gasteiger partial charge in [0.25, 0.3) is 0 Å². The van der Waals surface area contributed by atoms with Crippen LogP contribution < -0.4 is 0 Å². The van der Waals surface area contributed by atoms with Crippen LogP contribution >= 0.6 is 0 Å². The molecule has 0 bridgehead atoms. The molecule has 1 aliphatic heterocycles. The van der Waals surface area contributed by atoms with Crippen LogP contribution in [0.1, 0.15) is 33.3 Å². The predicted molar refractivity (Wildman–Crippen MR) is 68.7 cm³/mol. The number of ether oxygens (including phenoxy) is 1. The van der Waals surface area contributed by atoms with Crippen molar-refractivity contribution >= 4 is 0 Å². The normalized spacial score (nSPS) is 35.8. The van der Waals surface area contributed by atoms with Gasteiger partial charge in [-0.05, 0) is 33.3 Å². The van der Waals surface area contributed by atoms with Crippen molar-refractivity contribution in [1.29, 1.82) is 0 Å². The van der Waals surface area contributed by atoms with Crippen molar-refractivity contribution in [3.8, 4) is 0 Å². The van der Waals surface area contributed by atoms with E-state index in [9.17, 15) is 5.11 Å². The molecule has 0 spiro atoms. The Morgan fingerprint density at radius 2 is 1.53 bits per heavy atom. The Labute approximate surface area is 103 Å². The molecule has 0 saturated heterocycles. The average Bonchev–Trinajstić information content (AvgIpc) is 2.26. The molecule has 2 atom stereocenters. The van der Waals surface area contributed by atoms with Gasteiger partial charge in [-0.25, -0.2) is 0 Å². The second-order valence-electron chi connectivity index (χ2n) is 5.59. The monoisotopic (exact) mass is 232 g/mol. The van der Waals surface area contributed by atoms with Gasteiger partial charge in [-0.1, -0.05) is 42.5 Å². The Kier molecular flexibility index (Phi) is 2.68. The molecule has 1 aliphatic rings. The molecule has 0 aromatic heterocycles. The summed E-state index contributed by atoms with van der Waals surface area (Å²) in [6.07, 6.45) is 3.75. The molecule has 1 heterocycles. The second-order valence-corrected chi connectivity index (χ2v) is 5.59. The lowest BCUT2D eigenvalue weighted by Gasteiger charge is -2.48. The zero-order valence-corrected chi connectivity index (χ0v) is 10.9. The highest BCUT2D eigenvalue weighted by molar-refractivity contribution is 5.31. The van der Waals surface area contributed by atoms with E-state index in [1.807, 2.05) is 63.3 Å². The molecule has 2 nitrogen and oxygen atoms in total. The van der Waals surface area contributed by atoms with Crippen molar-refractivity contribution in [2.45, 2.75) is 44.5 Å². The Morgan fingerprint density at radius 3 is 2.12 bits per heavy atom. The highest BCUT2D eigenvalue weighted by Crippen LogP contribution is 2.44. The summed E-state index contributed by atoms with van der Waals surface area (Å²) in [6.45, 7) is 7.72. The molecular formula is C15H20O2. The summed E-state index contributed by atoms with van der Waals surface area (Å²) < 4.78 is 6.13. The predicted octanol–water partition coefficient (Wildman–Crippen LogP) is 3.02. The standard InChI is InChI=1S/C15H20O2/c1-13(2)10-11-14(3,16)15(4,17-13)12-8-6-5-7-9-12/h5-11,16H,1-4H3. The van der Waals surface area contributed by atoms with Crippen LogP contribution in [0, 0.1) is 0 Å². The van der Waals surface area contributed by atoms with Crippen LogP contribution in [0.3, 0.4) is 0 Å². The summed E-state index contributed by atoms with van der Waals surface area (Å²) in [5, 5.41) is 10.6. The van der Waals surface area contributed by atoms with Gasteiger partial charge in [0, 0.05) is 0 Å². The quantitative estimate of drug-likeness (QED) is 0.754. The van der Waals surface area contributed by atoms with Gasteiger partial charge in [-0.2, -0.15) is 0 Å². The average molecular weight is 232 g/mol.